The van der Waals surface area contributed by atoms with Crippen LogP contribution in [0.5, 0.6) is 0 Å². The molecule has 0 fully saturated rings. The lowest BCUT2D eigenvalue weighted by Crippen LogP contribution is -2.03. The maximum absolute atomic E-state index is 10.6. The summed E-state index contributed by atoms with van der Waals surface area (Å²) < 4.78 is 4.79. The highest BCUT2D eigenvalue weighted by Gasteiger charge is 1.96. The quantitative estimate of drug-likeness (QED) is 0.722. The second-order valence-electron chi connectivity index (χ2n) is 3.63. The van der Waals surface area contributed by atoms with Gasteiger partial charge in [0.05, 0.1) is 6.61 Å². The second-order valence-corrected chi connectivity index (χ2v) is 3.63. The molecule has 0 saturated carbocycles. The molecule has 0 amide bonds. The molecule has 1 aromatic rings. The van der Waals surface area contributed by atoms with E-state index in [2.05, 4.69) is 19.1 Å². The molecule has 0 radical (unpaired) electrons. The van der Waals surface area contributed by atoms with Crippen LogP contribution in [-0.2, 0) is 9.53 Å². The van der Waals surface area contributed by atoms with Gasteiger partial charge in [0.15, 0.2) is 0 Å². The summed E-state index contributed by atoms with van der Waals surface area (Å²) in [7, 11) is 0. The molecule has 0 aliphatic carbocycles. The topological polar surface area (TPSA) is 26.3 Å². The average molecular weight is 252 g/mol. The molecule has 0 spiro atoms. The Balaban J connectivity index is 0. The zero-order valence-corrected chi connectivity index (χ0v) is 12.5. The van der Waals surface area contributed by atoms with Crippen LogP contribution in [0.15, 0.2) is 30.3 Å². The Morgan fingerprint density at radius 1 is 1.06 bits per heavy atom. The van der Waals surface area contributed by atoms with Crippen LogP contribution in [0.1, 0.15) is 52.5 Å². The highest BCUT2D eigenvalue weighted by molar-refractivity contribution is 5.69. The Kier molecular flexibility index (Phi) is 16.6. The van der Waals surface area contributed by atoms with E-state index in [1.54, 1.807) is 0 Å². The van der Waals surface area contributed by atoms with Gasteiger partial charge in [0.2, 0.25) is 0 Å². The lowest BCUT2D eigenvalue weighted by molar-refractivity contribution is -0.143. The summed E-state index contributed by atoms with van der Waals surface area (Å²) in [6.07, 6.45) is 2.35. The second kappa shape index (κ2) is 15.7. The lowest BCUT2D eigenvalue weighted by atomic mass is 10.2. The van der Waals surface area contributed by atoms with Gasteiger partial charge in [0.1, 0.15) is 0 Å². The van der Waals surface area contributed by atoms with Crippen molar-refractivity contribution in [3.63, 3.8) is 0 Å². The molecule has 0 N–H and O–H groups in total. The molecule has 2 nitrogen and oxygen atoms in total. The van der Waals surface area contributed by atoms with Crippen LogP contribution in [0.3, 0.4) is 0 Å². The normalized spacial score (nSPS) is 8.28. The zero-order chi connectivity index (χ0) is 14.2. The number of ether oxygens (including phenoxy) is 1. The predicted octanol–water partition coefficient (Wildman–Crippen LogP) is 4.76. The molecule has 0 heterocycles. The van der Waals surface area contributed by atoms with Crippen molar-refractivity contribution in [2.45, 2.75) is 53.9 Å². The highest BCUT2D eigenvalue weighted by Crippen LogP contribution is 1.92. The van der Waals surface area contributed by atoms with Crippen LogP contribution in [0, 0.1) is 6.92 Å². The van der Waals surface area contributed by atoms with E-state index in [0.717, 1.165) is 12.8 Å². The van der Waals surface area contributed by atoms with Crippen LogP contribution in [0.25, 0.3) is 0 Å². The van der Waals surface area contributed by atoms with Crippen molar-refractivity contribution in [2.75, 3.05) is 6.61 Å². The van der Waals surface area contributed by atoms with Gasteiger partial charge >= 0.3 is 5.97 Å². The van der Waals surface area contributed by atoms with Gasteiger partial charge in [-0.15, -0.1) is 0 Å². The molecule has 0 saturated heterocycles. The van der Waals surface area contributed by atoms with Crippen LogP contribution in [-0.4, -0.2) is 12.6 Å². The van der Waals surface area contributed by atoms with Crippen LogP contribution < -0.4 is 0 Å². The van der Waals surface area contributed by atoms with Gasteiger partial charge in [0, 0.05) is 6.42 Å². The summed E-state index contributed by atoms with van der Waals surface area (Å²) >= 11 is 0. The van der Waals surface area contributed by atoms with Gasteiger partial charge in [-0.05, 0) is 19.8 Å². The first-order valence-electron chi connectivity index (χ1n) is 6.88. The third-order valence-corrected chi connectivity index (χ3v) is 1.86. The lowest BCUT2D eigenvalue weighted by Gasteiger charge is -1.99. The van der Waals surface area contributed by atoms with E-state index < -0.39 is 0 Å². The van der Waals surface area contributed by atoms with Gasteiger partial charge in [-0.3, -0.25) is 4.79 Å². The van der Waals surface area contributed by atoms with E-state index in [1.807, 2.05) is 45.9 Å². The van der Waals surface area contributed by atoms with Gasteiger partial charge in [-0.2, -0.15) is 0 Å². The molecule has 2 heteroatoms. The van der Waals surface area contributed by atoms with Crippen molar-refractivity contribution in [1.29, 1.82) is 0 Å². The number of carbonyl (C=O) groups is 1. The Labute approximate surface area is 112 Å². The molecule has 1 aromatic carbocycles. The Morgan fingerprint density at radius 2 is 1.61 bits per heavy atom. The third kappa shape index (κ3) is 14.7. The van der Waals surface area contributed by atoms with Crippen molar-refractivity contribution in [1.82, 2.24) is 0 Å². The molecular weight excluding hydrogens is 224 g/mol. The number of carbonyl (C=O) groups excluding carboxylic acids is 1. The first-order chi connectivity index (χ1) is 8.70. The van der Waals surface area contributed by atoms with Crippen LogP contribution in [0.2, 0.25) is 0 Å². The minimum atomic E-state index is -0.0700. The van der Waals surface area contributed by atoms with Crippen LogP contribution in [0.4, 0.5) is 0 Å². The van der Waals surface area contributed by atoms with Crippen molar-refractivity contribution < 1.29 is 9.53 Å². The SMILES string of the molecule is CC.CCCOC(=O)CCC.Cc1ccccc1. The van der Waals surface area contributed by atoms with Crippen LogP contribution >= 0.6 is 0 Å². The minimum absolute atomic E-state index is 0.0700. The molecule has 0 aromatic heterocycles. The number of benzene rings is 1. The molecule has 1 rings (SSSR count). The van der Waals surface area contributed by atoms with E-state index in [4.69, 9.17) is 4.74 Å². The van der Waals surface area contributed by atoms with Gasteiger partial charge in [-0.25, -0.2) is 0 Å². The maximum atomic E-state index is 10.6. The Bertz CT molecular complexity index is 268. The minimum Gasteiger partial charge on any atom is -0.466 e. The van der Waals surface area contributed by atoms with Gasteiger partial charge in [0.25, 0.3) is 0 Å². The van der Waals surface area contributed by atoms with E-state index in [1.165, 1.54) is 5.56 Å². The summed E-state index contributed by atoms with van der Waals surface area (Å²) in [5.74, 6) is -0.0700. The zero-order valence-electron chi connectivity index (χ0n) is 12.5. The first-order valence-corrected chi connectivity index (χ1v) is 6.88. The van der Waals surface area contributed by atoms with Gasteiger partial charge < -0.3 is 4.74 Å². The largest absolute Gasteiger partial charge is 0.466 e. The summed E-state index contributed by atoms with van der Waals surface area (Å²) in [4.78, 5) is 10.6. The molecule has 0 atom stereocenters. The molecule has 0 bridgehead atoms. The summed E-state index contributed by atoms with van der Waals surface area (Å²) in [6, 6.07) is 10.3. The van der Waals surface area contributed by atoms with Crippen molar-refractivity contribution in [3.05, 3.63) is 35.9 Å². The number of esters is 1. The third-order valence-electron chi connectivity index (χ3n) is 1.86. The first kappa shape index (κ1) is 19.0. The fourth-order valence-electron chi connectivity index (χ4n) is 1.03. The summed E-state index contributed by atoms with van der Waals surface area (Å²) in [5, 5.41) is 0. The number of hydrogen-bond donors (Lipinski definition) is 0. The molecule has 0 unspecified atom stereocenters. The number of aryl methyl sites for hydroxylation is 1. The molecular formula is C16H28O2. The summed E-state index contributed by atoms with van der Waals surface area (Å²) in [6.45, 7) is 10.6. The number of rotatable bonds is 4. The molecule has 18 heavy (non-hydrogen) atoms. The molecule has 104 valence electrons. The van der Waals surface area contributed by atoms with Crippen molar-refractivity contribution >= 4 is 5.97 Å². The Morgan fingerprint density at radius 3 is 1.94 bits per heavy atom. The standard InChI is InChI=1S/C7H14O2.C7H8.C2H6/c1-3-5-7(8)9-6-4-2;1-7-5-3-2-4-6-7;1-2/h3-6H2,1-2H3;2-6H,1H3;1-2H3. The maximum Gasteiger partial charge on any atom is 0.305 e. The van der Waals surface area contributed by atoms with E-state index in [0.29, 0.717) is 13.0 Å². The fourth-order valence-corrected chi connectivity index (χ4v) is 1.03. The van der Waals surface area contributed by atoms with Crippen molar-refractivity contribution in [3.8, 4) is 0 Å². The molecule has 0 aliphatic rings. The monoisotopic (exact) mass is 252 g/mol. The van der Waals surface area contributed by atoms with Crippen molar-refractivity contribution in [2.24, 2.45) is 0 Å². The highest BCUT2D eigenvalue weighted by atomic mass is 16.5. The van der Waals surface area contributed by atoms with E-state index in [-0.39, 0.29) is 5.97 Å². The Hall–Kier alpha value is -1.31. The predicted molar refractivity (Wildman–Crippen MR) is 78.7 cm³/mol. The van der Waals surface area contributed by atoms with E-state index in [9.17, 15) is 4.79 Å². The summed E-state index contributed by atoms with van der Waals surface area (Å²) in [5.41, 5.74) is 1.32. The van der Waals surface area contributed by atoms with Gasteiger partial charge in [-0.1, -0.05) is 63.6 Å². The fraction of sp³-hybridized carbons (Fsp3) is 0.562. The average Bonchev–Trinajstić information content (AvgIpc) is 2.41. The molecule has 0 aliphatic heterocycles. The van der Waals surface area contributed by atoms with E-state index >= 15 is 0 Å². The smallest absolute Gasteiger partial charge is 0.305 e. The number of hydrogen-bond acceptors (Lipinski definition) is 2.